The zero-order chi connectivity index (χ0) is 57.8. The molecular weight excluding hydrogens is 1020 g/mol. The Kier molecular flexibility index (Phi) is 8.77. The van der Waals surface area contributed by atoms with Gasteiger partial charge in [-0.3, -0.25) is 0 Å². The Bertz CT molecular complexity index is 5910. The van der Waals surface area contributed by atoms with E-state index in [4.69, 9.17) is 8.53 Å². The van der Waals surface area contributed by atoms with E-state index in [1.165, 1.54) is 11.3 Å². The van der Waals surface area contributed by atoms with Crippen molar-refractivity contribution in [3.63, 3.8) is 0 Å². The van der Waals surface area contributed by atoms with Gasteiger partial charge in [0.15, 0.2) is 0 Å². The molecule has 0 unspecified atom stereocenters. The Morgan fingerprint density at radius 2 is 1.04 bits per heavy atom. The molecule has 0 saturated carbocycles. The fourth-order valence-electron chi connectivity index (χ4n) is 12.9. The molecule has 0 aliphatic heterocycles. The van der Waals surface area contributed by atoms with Crippen LogP contribution in [-0.4, -0.2) is 9.13 Å². The van der Waals surface area contributed by atoms with E-state index in [2.05, 4.69) is 141 Å². The van der Waals surface area contributed by atoms with Crippen LogP contribution in [0.4, 0.5) is 5.69 Å². The topological polar surface area (TPSA) is 51.1 Å². The van der Waals surface area contributed by atoms with Gasteiger partial charge in [-0.2, -0.15) is 5.26 Å². The SMILES string of the molecule is [2H]c1c([2H])c([2H])c(-c2cccc3c2sc2c3ccc3c4ccc5c6ccccc6sc5c4n(-c4c(C#N)c(-c5ccccc5)c([N+]#[C-])c(-n5c6ccccc6c6c(-c7ccc8oc9ccccc9c8c7)cccc65)c4-c4ccccc4)c32)c([2H])c1[2H]. The van der Waals surface area contributed by atoms with Gasteiger partial charge in [0.05, 0.1) is 61.8 Å². The van der Waals surface area contributed by atoms with E-state index in [0.717, 1.165) is 123 Å². The van der Waals surface area contributed by atoms with Crippen molar-refractivity contribution in [1.29, 1.82) is 5.26 Å². The second kappa shape index (κ2) is 17.5. The Hall–Kier alpha value is -10.5. The standard InChI is InChI=1S/C74H40N4OS2/c1-76-67-64(44-21-7-3-8-22-44)58(42-75)68(78-69-51(36-38-54-50-26-13-16-34-63(50)80-73(54)69)52-37-39-55-53-30-17-29-48(43-19-5-2-6-20-43)72(53)81-74(55)70(52)78)65(45-23-9-4-10-24-45)71(67)77-59-31-14-11-27-56(59)66-47(28-18-32-60(66)77)46-35-40-62-57(41-46)49-25-12-15-33-61(49)79-62/h2-41H/i2D,5D,6D,19D,20D. The highest BCUT2D eigenvalue weighted by atomic mass is 32.1. The molecule has 5 aromatic heterocycles. The fourth-order valence-corrected chi connectivity index (χ4v) is 15.5. The van der Waals surface area contributed by atoms with Crippen LogP contribution in [0.2, 0.25) is 0 Å². The summed E-state index contributed by atoms with van der Waals surface area (Å²) in [6.45, 7) is 9.56. The highest BCUT2D eigenvalue weighted by molar-refractivity contribution is 7.27. The fraction of sp³-hybridized carbons (Fsp3) is 0. The summed E-state index contributed by atoms with van der Waals surface area (Å²) in [7, 11) is 0. The monoisotopic (exact) mass is 1070 g/mol. The van der Waals surface area contributed by atoms with Gasteiger partial charge in [0.1, 0.15) is 17.2 Å². The summed E-state index contributed by atoms with van der Waals surface area (Å²) in [5.41, 5.74) is 12.3. The average molecular weight is 1070 g/mol. The highest BCUT2D eigenvalue weighted by Gasteiger charge is 2.33. The molecule has 0 saturated heterocycles. The Morgan fingerprint density at radius 3 is 1.80 bits per heavy atom. The predicted octanol–water partition coefficient (Wildman–Crippen LogP) is 21.6. The van der Waals surface area contributed by atoms with Crippen LogP contribution in [0.15, 0.2) is 247 Å². The van der Waals surface area contributed by atoms with Gasteiger partial charge in [-0.05, 0) is 69.8 Å². The number of nitriles is 1. The van der Waals surface area contributed by atoms with Crippen molar-refractivity contribution >= 4 is 134 Å². The zero-order valence-corrected chi connectivity index (χ0v) is 44.4. The van der Waals surface area contributed by atoms with Crippen LogP contribution >= 0.6 is 22.7 Å². The number of para-hydroxylation sites is 2. The number of nitrogens with zero attached hydrogens (tertiary/aromatic N) is 4. The van der Waals surface area contributed by atoms with Crippen LogP contribution in [0.5, 0.6) is 0 Å². The third-order valence-corrected chi connectivity index (χ3v) is 18.7. The lowest BCUT2D eigenvalue weighted by Gasteiger charge is -2.26. The average Bonchev–Trinajstić information content (AvgIpc) is 1.49. The second-order valence-electron chi connectivity index (χ2n) is 20.4. The molecule has 0 radical (unpaired) electrons. The van der Waals surface area contributed by atoms with E-state index >= 15 is 0 Å². The Balaban J connectivity index is 1.09. The second-order valence-corrected chi connectivity index (χ2v) is 22.5. The molecule has 81 heavy (non-hydrogen) atoms. The maximum absolute atomic E-state index is 12.4. The molecule has 12 aromatic carbocycles. The van der Waals surface area contributed by atoms with E-state index < -0.39 is 18.1 Å². The number of benzene rings is 12. The Labute approximate surface area is 478 Å². The lowest BCUT2D eigenvalue weighted by Crippen LogP contribution is -2.09. The van der Waals surface area contributed by atoms with Crippen molar-refractivity contribution in [2.24, 2.45) is 0 Å². The van der Waals surface area contributed by atoms with Crippen LogP contribution in [0.1, 0.15) is 12.4 Å². The van der Waals surface area contributed by atoms with Crippen molar-refractivity contribution in [2.45, 2.75) is 0 Å². The normalized spacial score (nSPS) is 12.8. The number of furan rings is 1. The molecule has 17 rings (SSSR count). The molecule has 0 aliphatic rings. The van der Waals surface area contributed by atoms with E-state index in [1.54, 1.807) is 11.3 Å². The zero-order valence-electron chi connectivity index (χ0n) is 47.7. The maximum Gasteiger partial charge on any atom is 0.220 e. The smallest absolute Gasteiger partial charge is 0.220 e. The van der Waals surface area contributed by atoms with Gasteiger partial charge in [-0.15, -0.1) is 22.7 Å². The van der Waals surface area contributed by atoms with Gasteiger partial charge in [0.2, 0.25) is 5.69 Å². The molecule has 0 N–H and O–H groups in total. The molecule has 0 amide bonds. The van der Waals surface area contributed by atoms with Gasteiger partial charge in [-0.25, -0.2) is 4.85 Å². The van der Waals surface area contributed by atoms with Gasteiger partial charge < -0.3 is 13.6 Å². The van der Waals surface area contributed by atoms with Crippen molar-refractivity contribution in [2.75, 3.05) is 0 Å². The summed E-state index contributed by atoms with van der Waals surface area (Å²) in [6.07, 6.45) is 0. The molecule has 5 heterocycles. The first kappa shape index (κ1) is 40.6. The summed E-state index contributed by atoms with van der Waals surface area (Å²) in [5, 5.41) is 22.3. The van der Waals surface area contributed by atoms with Crippen molar-refractivity contribution < 1.29 is 11.3 Å². The van der Waals surface area contributed by atoms with Gasteiger partial charge >= 0.3 is 0 Å². The van der Waals surface area contributed by atoms with Crippen LogP contribution < -0.4 is 0 Å². The van der Waals surface area contributed by atoms with E-state index in [1.807, 2.05) is 91.0 Å². The maximum atomic E-state index is 12.4. The lowest BCUT2D eigenvalue weighted by molar-refractivity contribution is 0.669. The molecule has 5 nitrogen and oxygen atoms in total. The van der Waals surface area contributed by atoms with Crippen molar-refractivity contribution in [3.05, 3.63) is 260 Å². The molecule has 0 bridgehead atoms. The summed E-state index contributed by atoms with van der Waals surface area (Å²) < 4.78 is 59.0. The molecule has 0 atom stereocenters. The first-order valence-corrected chi connectivity index (χ1v) is 28.2. The van der Waals surface area contributed by atoms with Crippen molar-refractivity contribution in [3.8, 4) is 62.0 Å². The molecule has 0 aliphatic carbocycles. The number of hydrogen-bond acceptors (Lipinski definition) is 4. The van der Waals surface area contributed by atoms with Crippen LogP contribution in [0.25, 0.3) is 167 Å². The quantitative estimate of drug-likeness (QED) is 0.156. The van der Waals surface area contributed by atoms with Crippen LogP contribution in [0, 0.1) is 17.9 Å². The number of hydrogen-bond donors (Lipinski definition) is 0. The minimum atomic E-state index is -0.450. The molecule has 374 valence electrons. The molecule has 7 heteroatoms. The minimum Gasteiger partial charge on any atom is -0.456 e. The van der Waals surface area contributed by atoms with Gasteiger partial charge in [0.25, 0.3) is 0 Å². The summed E-state index contributed by atoms with van der Waals surface area (Å²) in [5.74, 6) is 0. The minimum absolute atomic E-state index is 0.131. The summed E-state index contributed by atoms with van der Waals surface area (Å²) >= 11 is 3.22. The van der Waals surface area contributed by atoms with E-state index in [9.17, 15) is 14.6 Å². The lowest BCUT2D eigenvalue weighted by atomic mass is 9.88. The molecular formula is C74H40N4OS2. The highest BCUT2D eigenvalue weighted by Crippen LogP contribution is 2.55. The first-order valence-electron chi connectivity index (χ1n) is 29.1. The van der Waals surface area contributed by atoms with Gasteiger partial charge in [0, 0.05) is 74.4 Å². The largest absolute Gasteiger partial charge is 0.456 e. The third kappa shape index (κ3) is 6.45. The Morgan fingerprint density at radius 1 is 0.444 bits per heavy atom. The molecule has 17 aromatic rings. The summed E-state index contributed by atoms with van der Waals surface area (Å²) in [4.78, 5) is 4.62. The molecule has 0 fully saturated rings. The van der Waals surface area contributed by atoms with Gasteiger partial charge in [-0.1, -0.05) is 206 Å². The number of fused-ring (bicyclic) bond motifs is 17. The van der Waals surface area contributed by atoms with E-state index in [-0.39, 0.29) is 17.6 Å². The van der Waals surface area contributed by atoms with Crippen LogP contribution in [0.3, 0.4) is 0 Å². The van der Waals surface area contributed by atoms with E-state index in [0.29, 0.717) is 44.9 Å². The first-order chi connectivity index (χ1) is 42.2. The number of thiophene rings is 2. The summed E-state index contributed by atoms with van der Waals surface area (Å²) in [6, 6.07) is 73.3. The third-order valence-electron chi connectivity index (χ3n) is 16.3. The predicted molar refractivity (Wildman–Crippen MR) is 341 cm³/mol. The number of rotatable bonds is 6. The van der Waals surface area contributed by atoms with Crippen LogP contribution in [-0.2, 0) is 0 Å². The number of aromatic nitrogens is 2. The van der Waals surface area contributed by atoms with Crippen molar-refractivity contribution in [1.82, 2.24) is 9.13 Å². The molecule has 0 spiro atoms.